The quantitative estimate of drug-likeness (QED) is 0.192. The monoisotopic (exact) mass is 669 g/mol. The highest BCUT2D eigenvalue weighted by molar-refractivity contribution is 9.12. The number of imide groups is 1. The van der Waals surface area contributed by atoms with Gasteiger partial charge in [-0.25, -0.2) is 4.90 Å². The number of alkyl halides is 6. The maximum absolute atomic E-state index is 13.9. The molecule has 1 N–H and O–H groups in total. The van der Waals surface area contributed by atoms with Gasteiger partial charge in [0.05, 0.1) is 39.1 Å². The molecular weight excluding hydrogens is 652 g/mol. The Bertz CT molecular complexity index is 1680. The van der Waals surface area contributed by atoms with Crippen molar-refractivity contribution in [1.29, 1.82) is 0 Å². The number of amides is 2. The average Bonchev–Trinajstić information content (AvgIpc) is 3.51. The largest absolute Gasteiger partial charge is 0.463 e. The fraction of sp³-hybridized carbons (Fsp3) is 0.310. The number of Topliss-reactive ketones (excluding diaryl/α,β-unsaturated/α-hetero) is 1. The smallest absolute Gasteiger partial charge is 0.416 e. The van der Waals surface area contributed by atoms with Crippen LogP contribution in [-0.2, 0) is 38.1 Å². The molecule has 3 aliphatic carbocycles. The van der Waals surface area contributed by atoms with Gasteiger partial charge in [0.1, 0.15) is 18.1 Å². The van der Waals surface area contributed by atoms with Crippen LogP contribution in [0.25, 0.3) is 0 Å². The van der Waals surface area contributed by atoms with Crippen LogP contribution in [0.1, 0.15) is 41.4 Å². The van der Waals surface area contributed by atoms with Crippen LogP contribution >= 0.6 is 15.9 Å². The molecule has 1 saturated heterocycles. The molecule has 224 valence electrons. The summed E-state index contributed by atoms with van der Waals surface area (Å²) >= 11 is 3.07. The van der Waals surface area contributed by atoms with E-state index in [0.29, 0.717) is 22.6 Å². The van der Waals surface area contributed by atoms with Crippen LogP contribution in [0, 0.1) is 17.8 Å². The van der Waals surface area contributed by atoms with E-state index in [-0.39, 0.29) is 46.1 Å². The van der Waals surface area contributed by atoms with Crippen molar-refractivity contribution >= 4 is 45.0 Å². The van der Waals surface area contributed by atoms with E-state index in [4.69, 9.17) is 4.42 Å². The van der Waals surface area contributed by atoms with Gasteiger partial charge in [-0.2, -0.15) is 26.3 Å². The van der Waals surface area contributed by atoms with Crippen molar-refractivity contribution in [1.82, 2.24) is 0 Å². The third-order valence-electron chi connectivity index (χ3n) is 8.28. The Morgan fingerprint density at radius 1 is 0.930 bits per heavy atom. The minimum atomic E-state index is -5.20. The number of carbonyl (C=O) groups excluding carboxylic acids is 4. The van der Waals surface area contributed by atoms with E-state index in [1.165, 1.54) is 12.1 Å². The predicted octanol–water partition coefficient (Wildman–Crippen LogP) is 5.78. The molecule has 1 fully saturated rings. The minimum absolute atomic E-state index is 0.0376. The molecule has 2 aromatic rings. The standard InChI is InChI=1S/C29H18BrF6NO6/c30-19-9-20(39)23-18(25(19)40)8-17-15(24(23)21-4-1-14(10-38)43-21)2-3-16-22(17)27(42)37(26(16)41)13-6-11(28(31,32)33)5-12(7-13)29(34,35)36/h1-2,4-7,9,16-17,22,24,38H,3,8,10H2. The lowest BCUT2D eigenvalue weighted by atomic mass is 9.60. The zero-order chi connectivity index (χ0) is 31.2. The number of halogens is 7. The van der Waals surface area contributed by atoms with E-state index in [1.54, 1.807) is 6.08 Å². The molecule has 4 aliphatic rings. The van der Waals surface area contributed by atoms with Gasteiger partial charge in [0.15, 0.2) is 11.6 Å². The maximum atomic E-state index is 13.9. The first kappa shape index (κ1) is 29.3. The van der Waals surface area contributed by atoms with Gasteiger partial charge in [0.2, 0.25) is 11.8 Å². The topological polar surface area (TPSA) is 105 Å². The number of aliphatic hydroxyl groups is 1. The molecule has 2 heterocycles. The third-order valence-corrected chi connectivity index (χ3v) is 8.87. The highest BCUT2D eigenvalue weighted by atomic mass is 79.9. The lowest BCUT2D eigenvalue weighted by molar-refractivity contribution is -0.143. The van der Waals surface area contributed by atoms with E-state index >= 15 is 0 Å². The number of benzene rings is 1. The Hall–Kier alpha value is -3.78. The van der Waals surface area contributed by atoms with E-state index in [9.17, 15) is 50.6 Å². The van der Waals surface area contributed by atoms with Gasteiger partial charge >= 0.3 is 12.4 Å². The fourth-order valence-electron chi connectivity index (χ4n) is 6.49. The van der Waals surface area contributed by atoms with Gasteiger partial charge in [0.25, 0.3) is 0 Å². The molecule has 4 atom stereocenters. The summed E-state index contributed by atoms with van der Waals surface area (Å²) in [4.78, 5) is 54.1. The van der Waals surface area contributed by atoms with Gasteiger partial charge in [-0.05, 0) is 65.0 Å². The van der Waals surface area contributed by atoms with E-state index in [2.05, 4.69) is 15.9 Å². The SMILES string of the molecule is O=C1C=C(Br)C(=O)C2=C1C(c1ccc(CO)o1)C1=CCC3C(=O)N(c4cc(C(F)(F)F)cc(C(F)(F)F)c4)C(=O)C3C1C2. The first-order valence-electron chi connectivity index (χ1n) is 12.9. The number of hydrogen-bond donors (Lipinski definition) is 1. The van der Waals surface area contributed by atoms with Crippen LogP contribution in [0.15, 0.2) is 68.1 Å². The van der Waals surface area contributed by atoms with Gasteiger partial charge in [0, 0.05) is 17.2 Å². The number of ketones is 2. The normalized spacial score (nSPS) is 25.9. The zero-order valence-electron chi connectivity index (χ0n) is 21.6. The highest BCUT2D eigenvalue weighted by Crippen LogP contribution is 2.56. The van der Waals surface area contributed by atoms with E-state index in [0.717, 1.165) is 6.08 Å². The number of nitrogens with zero attached hydrogens (tertiary/aromatic N) is 1. The molecule has 1 aromatic heterocycles. The number of rotatable bonds is 3. The lowest BCUT2D eigenvalue weighted by Gasteiger charge is -2.41. The van der Waals surface area contributed by atoms with Crippen LogP contribution in [0.4, 0.5) is 32.0 Å². The number of fused-ring (bicyclic) bond motifs is 3. The van der Waals surface area contributed by atoms with Crippen molar-refractivity contribution in [2.45, 2.75) is 37.7 Å². The third kappa shape index (κ3) is 4.62. The van der Waals surface area contributed by atoms with Crippen LogP contribution in [0.5, 0.6) is 0 Å². The van der Waals surface area contributed by atoms with Crippen molar-refractivity contribution in [3.63, 3.8) is 0 Å². The molecular formula is C29H18BrF6NO6. The summed E-state index contributed by atoms with van der Waals surface area (Å²) in [5, 5.41) is 9.52. The van der Waals surface area contributed by atoms with Gasteiger partial charge in [-0.3, -0.25) is 19.2 Å². The summed E-state index contributed by atoms with van der Waals surface area (Å²) in [7, 11) is 0. The second-order valence-electron chi connectivity index (χ2n) is 10.6. The molecule has 0 bridgehead atoms. The van der Waals surface area contributed by atoms with Gasteiger partial charge < -0.3 is 9.52 Å². The number of aliphatic hydroxyl groups excluding tert-OH is 1. The fourth-order valence-corrected chi connectivity index (χ4v) is 6.94. The first-order valence-corrected chi connectivity index (χ1v) is 13.7. The number of hydrogen-bond acceptors (Lipinski definition) is 6. The number of furan rings is 1. The van der Waals surface area contributed by atoms with Crippen molar-refractivity contribution < 1.29 is 55.0 Å². The molecule has 0 radical (unpaired) electrons. The molecule has 4 unspecified atom stereocenters. The molecule has 1 aromatic carbocycles. The number of allylic oxidation sites excluding steroid dienone is 6. The van der Waals surface area contributed by atoms with E-state index in [1.807, 2.05) is 0 Å². The molecule has 2 amide bonds. The van der Waals surface area contributed by atoms with E-state index < -0.39 is 82.8 Å². The average molecular weight is 670 g/mol. The molecule has 0 saturated carbocycles. The van der Waals surface area contributed by atoms with Crippen molar-refractivity contribution in [3.05, 3.63) is 86.3 Å². The predicted molar refractivity (Wildman–Crippen MR) is 138 cm³/mol. The Morgan fingerprint density at radius 3 is 2.16 bits per heavy atom. The second kappa shape index (κ2) is 9.88. The Balaban J connectivity index is 1.46. The summed E-state index contributed by atoms with van der Waals surface area (Å²) in [6, 6.07) is 3.51. The van der Waals surface area contributed by atoms with Crippen molar-refractivity contribution in [3.8, 4) is 0 Å². The Labute approximate surface area is 246 Å². The van der Waals surface area contributed by atoms with Crippen molar-refractivity contribution in [2.75, 3.05) is 4.90 Å². The maximum Gasteiger partial charge on any atom is 0.416 e. The molecule has 0 spiro atoms. The van der Waals surface area contributed by atoms with Crippen LogP contribution < -0.4 is 4.90 Å². The second-order valence-corrected chi connectivity index (χ2v) is 11.5. The molecule has 14 heteroatoms. The van der Waals surface area contributed by atoms with Crippen LogP contribution in [0.2, 0.25) is 0 Å². The number of carbonyl (C=O) groups is 4. The summed E-state index contributed by atoms with van der Waals surface area (Å²) in [6.07, 6.45) is -7.97. The summed E-state index contributed by atoms with van der Waals surface area (Å²) in [5.41, 5.74) is -3.64. The summed E-state index contributed by atoms with van der Waals surface area (Å²) < 4.78 is 87.1. The summed E-state index contributed by atoms with van der Waals surface area (Å²) in [6.45, 7) is -0.469. The zero-order valence-corrected chi connectivity index (χ0v) is 23.1. The minimum Gasteiger partial charge on any atom is -0.463 e. The van der Waals surface area contributed by atoms with Crippen molar-refractivity contribution in [2.24, 2.45) is 17.8 Å². The Morgan fingerprint density at radius 2 is 1.58 bits per heavy atom. The van der Waals surface area contributed by atoms with Crippen LogP contribution in [0.3, 0.4) is 0 Å². The highest BCUT2D eigenvalue weighted by Gasteiger charge is 2.57. The molecule has 1 aliphatic heterocycles. The summed E-state index contributed by atoms with van der Waals surface area (Å²) in [5.74, 6) is -6.96. The first-order chi connectivity index (χ1) is 20.1. The molecule has 6 rings (SSSR count). The number of anilines is 1. The molecule has 7 nitrogen and oxygen atoms in total. The molecule has 43 heavy (non-hydrogen) atoms. The Kier molecular flexibility index (Phi) is 6.73. The lowest BCUT2D eigenvalue weighted by Crippen LogP contribution is -2.39. The van der Waals surface area contributed by atoms with Crippen LogP contribution in [-0.4, -0.2) is 28.5 Å². The van der Waals surface area contributed by atoms with Gasteiger partial charge in [-0.1, -0.05) is 11.6 Å². The van der Waals surface area contributed by atoms with Gasteiger partial charge in [-0.15, -0.1) is 0 Å².